The van der Waals surface area contributed by atoms with E-state index in [4.69, 9.17) is 9.84 Å². The molecular weight excluding hydrogens is 216 g/mol. The monoisotopic (exact) mass is 234 g/mol. The summed E-state index contributed by atoms with van der Waals surface area (Å²) < 4.78 is 5.19. The number of hydrogen-bond acceptors (Lipinski definition) is 3. The number of esters is 1. The lowest BCUT2D eigenvalue weighted by Gasteiger charge is -2.18. The van der Waals surface area contributed by atoms with Gasteiger partial charge in [0, 0.05) is 6.08 Å². The molecule has 1 rings (SSSR count). The summed E-state index contributed by atoms with van der Waals surface area (Å²) in [5, 5.41) is 9.16. The lowest BCUT2D eigenvalue weighted by Crippen LogP contribution is -2.22. The number of aromatic hydroxyl groups is 1. The Kier molecular flexibility index (Phi) is 3.94. The van der Waals surface area contributed by atoms with Crippen molar-refractivity contribution in [3.05, 3.63) is 35.9 Å². The van der Waals surface area contributed by atoms with E-state index >= 15 is 0 Å². The van der Waals surface area contributed by atoms with Crippen molar-refractivity contribution in [3.63, 3.8) is 0 Å². The SMILES string of the molecule is C/C(=C\C(=O)OC(C)(C)C)c1ccc(O)cc1. The number of carbonyl (C=O) groups is 1. The van der Waals surface area contributed by atoms with E-state index in [0.29, 0.717) is 0 Å². The van der Waals surface area contributed by atoms with Gasteiger partial charge in [-0.15, -0.1) is 0 Å². The average molecular weight is 234 g/mol. The van der Waals surface area contributed by atoms with E-state index in [0.717, 1.165) is 11.1 Å². The first-order valence-corrected chi connectivity index (χ1v) is 5.48. The number of ether oxygens (including phenoxy) is 1. The third-order valence-corrected chi connectivity index (χ3v) is 2.06. The van der Waals surface area contributed by atoms with Crippen LogP contribution in [-0.4, -0.2) is 16.7 Å². The third-order valence-electron chi connectivity index (χ3n) is 2.06. The fourth-order valence-electron chi connectivity index (χ4n) is 1.32. The predicted molar refractivity (Wildman–Crippen MR) is 67.6 cm³/mol. The number of rotatable bonds is 2. The Hall–Kier alpha value is -1.77. The number of phenolic OH excluding ortho intramolecular Hbond substituents is 1. The van der Waals surface area contributed by atoms with Gasteiger partial charge in [-0.3, -0.25) is 0 Å². The van der Waals surface area contributed by atoms with E-state index in [1.165, 1.54) is 6.08 Å². The Balaban J connectivity index is 2.79. The molecule has 0 atom stereocenters. The van der Waals surface area contributed by atoms with Crippen LogP contribution in [0.5, 0.6) is 5.75 Å². The molecule has 0 amide bonds. The van der Waals surface area contributed by atoms with Gasteiger partial charge >= 0.3 is 5.97 Å². The normalized spacial score (nSPS) is 12.4. The van der Waals surface area contributed by atoms with Gasteiger partial charge in [-0.2, -0.15) is 0 Å². The van der Waals surface area contributed by atoms with Crippen LogP contribution in [0.2, 0.25) is 0 Å². The van der Waals surface area contributed by atoms with Crippen molar-refractivity contribution in [1.82, 2.24) is 0 Å². The van der Waals surface area contributed by atoms with Crippen LogP contribution in [0, 0.1) is 0 Å². The molecule has 3 heteroatoms. The summed E-state index contributed by atoms with van der Waals surface area (Å²) in [5.41, 5.74) is 1.20. The summed E-state index contributed by atoms with van der Waals surface area (Å²) in [4.78, 5) is 11.6. The fraction of sp³-hybridized carbons (Fsp3) is 0.357. The van der Waals surface area contributed by atoms with Crippen LogP contribution in [0.4, 0.5) is 0 Å². The highest BCUT2D eigenvalue weighted by Gasteiger charge is 2.14. The first kappa shape index (κ1) is 13.3. The molecule has 0 heterocycles. The second-order valence-electron chi connectivity index (χ2n) is 4.91. The van der Waals surface area contributed by atoms with Crippen molar-refractivity contribution in [3.8, 4) is 5.75 Å². The van der Waals surface area contributed by atoms with E-state index in [1.54, 1.807) is 24.3 Å². The summed E-state index contributed by atoms with van der Waals surface area (Å²) in [6.07, 6.45) is 1.46. The Morgan fingerprint density at radius 1 is 1.24 bits per heavy atom. The molecule has 0 aromatic heterocycles. The maximum absolute atomic E-state index is 11.6. The maximum atomic E-state index is 11.6. The molecule has 1 N–H and O–H groups in total. The number of hydrogen-bond donors (Lipinski definition) is 1. The lowest BCUT2D eigenvalue weighted by atomic mass is 10.1. The van der Waals surface area contributed by atoms with Crippen LogP contribution >= 0.6 is 0 Å². The molecule has 0 spiro atoms. The summed E-state index contributed by atoms with van der Waals surface area (Å²) in [6, 6.07) is 6.68. The van der Waals surface area contributed by atoms with Gasteiger partial charge in [-0.05, 0) is 51.0 Å². The summed E-state index contributed by atoms with van der Waals surface area (Å²) >= 11 is 0. The van der Waals surface area contributed by atoms with Gasteiger partial charge in [0.2, 0.25) is 0 Å². The smallest absolute Gasteiger partial charge is 0.331 e. The van der Waals surface area contributed by atoms with Gasteiger partial charge in [0.25, 0.3) is 0 Å². The van der Waals surface area contributed by atoms with Crippen LogP contribution in [0.3, 0.4) is 0 Å². The Bertz CT molecular complexity index is 422. The predicted octanol–water partition coefficient (Wildman–Crippen LogP) is 3.14. The highest BCUT2D eigenvalue weighted by Crippen LogP contribution is 2.18. The fourth-order valence-corrected chi connectivity index (χ4v) is 1.32. The second-order valence-corrected chi connectivity index (χ2v) is 4.91. The Morgan fingerprint density at radius 3 is 2.24 bits per heavy atom. The topological polar surface area (TPSA) is 46.5 Å². The maximum Gasteiger partial charge on any atom is 0.331 e. The molecule has 92 valence electrons. The van der Waals surface area contributed by atoms with Gasteiger partial charge in [0.1, 0.15) is 11.4 Å². The molecule has 0 aliphatic heterocycles. The molecule has 0 bridgehead atoms. The number of allylic oxidation sites excluding steroid dienone is 1. The number of benzene rings is 1. The molecule has 1 aromatic carbocycles. The van der Waals surface area contributed by atoms with E-state index in [1.807, 2.05) is 27.7 Å². The van der Waals surface area contributed by atoms with Crippen molar-refractivity contribution in [2.24, 2.45) is 0 Å². The van der Waals surface area contributed by atoms with Gasteiger partial charge in [-0.25, -0.2) is 4.79 Å². The molecule has 1 aromatic rings. The summed E-state index contributed by atoms with van der Waals surface area (Å²) in [7, 11) is 0. The Morgan fingerprint density at radius 2 is 1.76 bits per heavy atom. The zero-order chi connectivity index (χ0) is 13.1. The van der Waals surface area contributed by atoms with Crippen LogP contribution < -0.4 is 0 Å². The summed E-state index contributed by atoms with van der Waals surface area (Å²) in [5.74, 6) is -0.151. The van der Waals surface area contributed by atoms with Crippen molar-refractivity contribution in [1.29, 1.82) is 0 Å². The van der Waals surface area contributed by atoms with Crippen molar-refractivity contribution < 1.29 is 14.6 Å². The highest BCUT2D eigenvalue weighted by molar-refractivity contribution is 5.91. The van der Waals surface area contributed by atoms with Gasteiger partial charge in [-0.1, -0.05) is 12.1 Å². The van der Waals surface area contributed by atoms with Crippen LogP contribution in [-0.2, 0) is 9.53 Å². The molecule has 0 aliphatic carbocycles. The molecule has 17 heavy (non-hydrogen) atoms. The molecule has 0 fully saturated rings. The average Bonchev–Trinajstić information content (AvgIpc) is 2.15. The molecule has 0 saturated heterocycles. The lowest BCUT2D eigenvalue weighted by molar-refractivity contribution is -0.148. The molecule has 0 radical (unpaired) electrons. The minimum absolute atomic E-state index is 0.207. The van der Waals surface area contributed by atoms with Gasteiger partial charge in [0.15, 0.2) is 0 Å². The second kappa shape index (κ2) is 5.04. The molecular formula is C14H18O3. The van der Waals surface area contributed by atoms with Crippen LogP contribution in [0.1, 0.15) is 33.3 Å². The van der Waals surface area contributed by atoms with Gasteiger partial charge < -0.3 is 9.84 Å². The molecule has 0 aliphatic rings. The molecule has 0 saturated carbocycles. The van der Waals surface area contributed by atoms with Gasteiger partial charge in [0.05, 0.1) is 0 Å². The molecule has 0 unspecified atom stereocenters. The quantitative estimate of drug-likeness (QED) is 0.631. The standard InChI is InChI=1S/C14H18O3/c1-10(9-13(16)17-14(2,3)4)11-5-7-12(15)8-6-11/h5-9,15H,1-4H3/b10-9+. The minimum Gasteiger partial charge on any atom is -0.508 e. The summed E-state index contributed by atoms with van der Waals surface area (Å²) in [6.45, 7) is 7.31. The van der Waals surface area contributed by atoms with E-state index in [-0.39, 0.29) is 11.7 Å². The molecule has 3 nitrogen and oxygen atoms in total. The van der Waals surface area contributed by atoms with Crippen LogP contribution in [0.25, 0.3) is 5.57 Å². The zero-order valence-corrected chi connectivity index (χ0v) is 10.7. The first-order valence-electron chi connectivity index (χ1n) is 5.48. The zero-order valence-electron chi connectivity index (χ0n) is 10.7. The van der Waals surface area contributed by atoms with Crippen molar-refractivity contribution >= 4 is 11.5 Å². The highest BCUT2D eigenvalue weighted by atomic mass is 16.6. The Labute approximate surface area is 102 Å². The van der Waals surface area contributed by atoms with Crippen molar-refractivity contribution in [2.45, 2.75) is 33.3 Å². The minimum atomic E-state index is -0.483. The van der Waals surface area contributed by atoms with E-state index in [2.05, 4.69) is 0 Å². The third kappa shape index (κ3) is 4.72. The van der Waals surface area contributed by atoms with Crippen molar-refractivity contribution in [2.75, 3.05) is 0 Å². The van der Waals surface area contributed by atoms with E-state index < -0.39 is 5.60 Å². The van der Waals surface area contributed by atoms with E-state index in [9.17, 15) is 4.79 Å². The number of phenols is 1. The van der Waals surface area contributed by atoms with Crippen LogP contribution in [0.15, 0.2) is 30.3 Å². The largest absolute Gasteiger partial charge is 0.508 e. The number of carbonyl (C=O) groups excluding carboxylic acids is 1. The first-order chi connectivity index (χ1) is 7.78.